The zero-order chi connectivity index (χ0) is 21.6. The van der Waals surface area contributed by atoms with Crippen molar-refractivity contribution in [2.75, 3.05) is 26.2 Å². The monoisotopic (exact) mass is 424 g/mol. The predicted molar refractivity (Wildman–Crippen MR) is 119 cm³/mol. The smallest absolute Gasteiger partial charge is 0.228 e. The van der Waals surface area contributed by atoms with E-state index in [0.29, 0.717) is 17.7 Å². The van der Waals surface area contributed by atoms with Crippen LogP contribution in [0.5, 0.6) is 0 Å². The average Bonchev–Trinajstić information content (AvgIpc) is 2.91. The molecule has 4 atom stereocenters. The number of aromatic nitrogens is 1. The van der Waals surface area contributed by atoms with Crippen LogP contribution in [0.15, 0.2) is 18.2 Å². The third-order valence-corrected chi connectivity index (χ3v) is 8.16. The topological polar surface area (TPSA) is 65.5 Å². The summed E-state index contributed by atoms with van der Waals surface area (Å²) in [5, 5.41) is 3.30. The number of amides is 2. The molecule has 4 aliphatic carbocycles. The quantitative estimate of drug-likeness (QED) is 0.807. The van der Waals surface area contributed by atoms with E-state index in [1.807, 2.05) is 13.0 Å². The van der Waals surface area contributed by atoms with E-state index >= 15 is 0 Å². The maximum atomic E-state index is 13.9. The standard InChI is InChI=1S/C25H36N4O2/c1-18-5-3-6-22(26-18)16-28-7-4-8-29(10-9-28)23(31)24-12-20-11-21(13-24)15-25(14-20,17-24)27-19(2)30/h3,5-6,20-21H,4,7-17H2,1-2H3,(H,27,30)/t20-,21+,24?,25?. The number of pyridine rings is 1. The lowest BCUT2D eigenvalue weighted by Crippen LogP contribution is -2.66. The van der Waals surface area contributed by atoms with E-state index in [4.69, 9.17) is 0 Å². The Labute approximate surface area is 185 Å². The number of carbonyl (C=O) groups is 2. The summed E-state index contributed by atoms with van der Waals surface area (Å²) in [7, 11) is 0. The van der Waals surface area contributed by atoms with Gasteiger partial charge in [0.05, 0.1) is 11.1 Å². The molecule has 0 spiro atoms. The first-order valence-electron chi connectivity index (χ1n) is 12.1. The van der Waals surface area contributed by atoms with Crippen LogP contribution >= 0.6 is 0 Å². The molecule has 5 aliphatic rings. The van der Waals surface area contributed by atoms with Crippen molar-refractivity contribution in [3.63, 3.8) is 0 Å². The molecule has 6 rings (SSSR count). The Morgan fingerprint density at radius 2 is 1.87 bits per heavy atom. The van der Waals surface area contributed by atoms with Crippen LogP contribution in [0.25, 0.3) is 0 Å². The molecule has 1 aromatic heterocycles. The maximum Gasteiger partial charge on any atom is 0.228 e. The molecule has 0 radical (unpaired) electrons. The number of nitrogens with zero attached hydrogens (tertiary/aromatic N) is 3. The third-order valence-electron chi connectivity index (χ3n) is 8.16. The molecule has 1 N–H and O–H groups in total. The summed E-state index contributed by atoms with van der Waals surface area (Å²) < 4.78 is 0. The number of hydrogen-bond acceptors (Lipinski definition) is 4. The summed E-state index contributed by atoms with van der Waals surface area (Å²) in [6.07, 6.45) is 7.28. The van der Waals surface area contributed by atoms with E-state index in [2.05, 4.69) is 32.2 Å². The van der Waals surface area contributed by atoms with E-state index in [-0.39, 0.29) is 16.9 Å². The van der Waals surface area contributed by atoms with E-state index in [0.717, 1.165) is 82.6 Å². The summed E-state index contributed by atoms with van der Waals surface area (Å²) in [5.41, 5.74) is 1.78. The van der Waals surface area contributed by atoms with Crippen LogP contribution in [-0.4, -0.2) is 58.3 Å². The van der Waals surface area contributed by atoms with Crippen LogP contribution in [0.3, 0.4) is 0 Å². The normalized spacial score (nSPS) is 35.1. The first-order chi connectivity index (χ1) is 14.8. The Balaban J connectivity index is 1.27. The summed E-state index contributed by atoms with van der Waals surface area (Å²) in [5.74, 6) is 1.60. The molecule has 2 heterocycles. The summed E-state index contributed by atoms with van der Waals surface area (Å²) in [6.45, 7) is 8.07. The number of rotatable bonds is 4. The Bertz CT molecular complexity index is 855. The van der Waals surface area contributed by atoms with Crippen molar-refractivity contribution in [1.29, 1.82) is 0 Å². The highest BCUT2D eigenvalue weighted by molar-refractivity contribution is 5.84. The van der Waals surface area contributed by atoms with E-state index in [9.17, 15) is 9.59 Å². The molecule has 5 fully saturated rings. The van der Waals surface area contributed by atoms with Crippen molar-refractivity contribution in [2.45, 2.75) is 70.9 Å². The van der Waals surface area contributed by atoms with Crippen LogP contribution in [0.4, 0.5) is 0 Å². The van der Waals surface area contributed by atoms with E-state index in [1.54, 1.807) is 6.92 Å². The number of aryl methyl sites for hydroxylation is 1. The molecule has 1 aromatic rings. The van der Waals surface area contributed by atoms with Gasteiger partial charge in [0, 0.05) is 50.9 Å². The fourth-order valence-corrected chi connectivity index (χ4v) is 7.62. The lowest BCUT2D eigenvalue weighted by Gasteiger charge is -2.61. The van der Waals surface area contributed by atoms with Gasteiger partial charge in [-0.15, -0.1) is 0 Å². The molecular weight excluding hydrogens is 388 g/mol. The van der Waals surface area contributed by atoms with Crippen LogP contribution in [0, 0.1) is 24.2 Å². The van der Waals surface area contributed by atoms with E-state index in [1.165, 1.54) is 6.42 Å². The number of hydrogen-bond donors (Lipinski definition) is 1. The second-order valence-electron chi connectivity index (χ2n) is 10.9. The third kappa shape index (κ3) is 4.11. The van der Waals surface area contributed by atoms with Gasteiger partial charge in [0.2, 0.25) is 11.8 Å². The van der Waals surface area contributed by atoms with Crippen molar-refractivity contribution < 1.29 is 9.59 Å². The van der Waals surface area contributed by atoms with Gasteiger partial charge in [0.25, 0.3) is 0 Å². The van der Waals surface area contributed by atoms with Gasteiger partial charge in [0.1, 0.15) is 0 Å². The van der Waals surface area contributed by atoms with Crippen molar-refractivity contribution in [1.82, 2.24) is 20.1 Å². The molecule has 31 heavy (non-hydrogen) atoms. The van der Waals surface area contributed by atoms with Gasteiger partial charge < -0.3 is 10.2 Å². The molecule has 4 saturated carbocycles. The molecular formula is C25H36N4O2. The van der Waals surface area contributed by atoms with Gasteiger partial charge in [-0.3, -0.25) is 19.5 Å². The second kappa shape index (κ2) is 7.88. The fraction of sp³-hybridized carbons (Fsp3) is 0.720. The molecule has 1 saturated heterocycles. The Kier molecular flexibility index (Phi) is 5.32. The van der Waals surface area contributed by atoms with Crippen LogP contribution in [-0.2, 0) is 16.1 Å². The predicted octanol–water partition coefficient (Wildman–Crippen LogP) is 2.90. The van der Waals surface area contributed by atoms with Gasteiger partial charge in [-0.25, -0.2) is 0 Å². The molecule has 2 unspecified atom stereocenters. The Hall–Kier alpha value is -1.95. The second-order valence-corrected chi connectivity index (χ2v) is 10.9. The minimum absolute atomic E-state index is 0.0553. The summed E-state index contributed by atoms with van der Waals surface area (Å²) in [6, 6.07) is 6.20. The van der Waals surface area contributed by atoms with Crippen molar-refractivity contribution in [3.05, 3.63) is 29.6 Å². The van der Waals surface area contributed by atoms with E-state index < -0.39 is 0 Å². The minimum atomic E-state index is -0.250. The lowest BCUT2D eigenvalue weighted by atomic mass is 9.46. The molecule has 1 aliphatic heterocycles. The van der Waals surface area contributed by atoms with Crippen LogP contribution < -0.4 is 5.32 Å². The van der Waals surface area contributed by atoms with Gasteiger partial charge in [-0.05, 0) is 75.8 Å². The highest BCUT2D eigenvalue weighted by Crippen LogP contribution is 2.62. The van der Waals surface area contributed by atoms with Gasteiger partial charge in [-0.1, -0.05) is 6.07 Å². The van der Waals surface area contributed by atoms with Crippen LogP contribution in [0.2, 0.25) is 0 Å². The van der Waals surface area contributed by atoms with Crippen molar-refractivity contribution >= 4 is 11.8 Å². The van der Waals surface area contributed by atoms with Crippen molar-refractivity contribution in [2.24, 2.45) is 17.3 Å². The maximum absolute atomic E-state index is 13.9. The number of nitrogens with one attached hydrogen (secondary N) is 1. The highest BCUT2D eigenvalue weighted by atomic mass is 16.2. The largest absolute Gasteiger partial charge is 0.351 e. The molecule has 6 heteroatoms. The number of carbonyl (C=O) groups excluding carboxylic acids is 2. The fourth-order valence-electron chi connectivity index (χ4n) is 7.62. The minimum Gasteiger partial charge on any atom is -0.351 e. The Morgan fingerprint density at radius 1 is 1.10 bits per heavy atom. The van der Waals surface area contributed by atoms with Gasteiger partial charge >= 0.3 is 0 Å². The molecule has 4 bridgehead atoms. The molecule has 168 valence electrons. The van der Waals surface area contributed by atoms with Gasteiger partial charge in [-0.2, -0.15) is 0 Å². The Morgan fingerprint density at radius 3 is 2.58 bits per heavy atom. The molecule has 6 nitrogen and oxygen atoms in total. The lowest BCUT2D eigenvalue weighted by molar-refractivity contribution is -0.163. The summed E-state index contributed by atoms with van der Waals surface area (Å²) >= 11 is 0. The first kappa shape index (κ1) is 20.9. The molecule has 2 amide bonds. The van der Waals surface area contributed by atoms with Crippen LogP contribution in [0.1, 0.15) is 63.3 Å². The highest BCUT2D eigenvalue weighted by Gasteiger charge is 2.61. The SMILES string of the molecule is CC(=O)NC12C[C@H]3C[C@@H](C1)CC(C(=O)N1CCCN(Cc4cccc(C)n4)CC1)(C3)C2. The zero-order valence-electron chi connectivity index (χ0n) is 19.0. The van der Waals surface area contributed by atoms with Gasteiger partial charge in [0.15, 0.2) is 0 Å². The molecule has 0 aromatic carbocycles. The first-order valence-corrected chi connectivity index (χ1v) is 12.1. The zero-order valence-corrected chi connectivity index (χ0v) is 19.0. The average molecular weight is 425 g/mol. The summed E-state index contributed by atoms with van der Waals surface area (Å²) in [4.78, 5) is 35.1. The van der Waals surface area contributed by atoms with Crippen molar-refractivity contribution in [3.8, 4) is 0 Å².